The molecule has 2 N–H and O–H groups in total. The molecule has 1 aliphatic rings. The highest BCUT2D eigenvalue weighted by Gasteiger charge is 2.22. The third-order valence-corrected chi connectivity index (χ3v) is 3.63. The number of hydrogen-bond acceptors (Lipinski definition) is 4. The molecule has 0 saturated carbocycles. The lowest BCUT2D eigenvalue weighted by atomic mass is 10.0. The fraction of sp³-hybridized carbons (Fsp3) is 0.923. The number of carbonyl (C=O) groups excluding carboxylic acids is 1. The summed E-state index contributed by atoms with van der Waals surface area (Å²) in [6.07, 6.45) is 3.06. The molecular weight excluding hydrogens is 230 g/mol. The van der Waals surface area contributed by atoms with Gasteiger partial charge in [-0.25, -0.2) is 0 Å². The third-order valence-electron chi connectivity index (χ3n) is 3.63. The van der Waals surface area contributed by atoms with E-state index in [1.54, 1.807) is 19.0 Å². The van der Waals surface area contributed by atoms with Crippen molar-refractivity contribution in [2.75, 3.05) is 40.3 Å². The van der Waals surface area contributed by atoms with Crippen molar-refractivity contribution < 1.29 is 9.90 Å². The zero-order valence-corrected chi connectivity index (χ0v) is 11.9. The fourth-order valence-corrected chi connectivity index (χ4v) is 2.22. The standard InChI is InChI=1S/C13H27N3O2/c1-4-11(10-17)14-12-5-7-16(8-6-12)9-13(18)15(2)3/h11-12,14,17H,4-10H2,1-3H3/t11-/m0/s1. The highest BCUT2D eigenvalue weighted by atomic mass is 16.3. The first-order chi connectivity index (χ1) is 8.56. The summed E-state index contributed by atoms with van der Waals surface area (Å²) in [5.41, 5.74) is 0. The van der Waals surface area contributed by atoms with Crippen LogP contribution in [0.3, 0.4) is 0 Å². The zero-order valence-electron chi connectivity index (χ0n) is 11.9. The quantitative estimate of drug-likeness (QED) is 0.698. The van der Waals surface area contributed by atoms with Crippen LogP contribution in [-0.4, -0.2) is 73.2 Å². The van der Waals surface area contributed by atoms with Crippen molar-refractivity contribution in [1.82, 2.24) is 15.1 Å². The van der Waals surface area contributed by atoms with Crippen LogP contribution >= 0.6 is 0 Å². The lowest BCUT2D eigenvalue weighted by molar-refractivity contribution is -0.130. The minimum absolute atomic E-state index is 0.170. The third kappa shape index (κ3) is 4.92. The number of amides is 1. The lowest BCUT2D eigenvalue weighted by Crippen LogP contribution is -2.48. The molecule has 0 unspecified atom stereocenters. The summed E-state index contributed by atoms with van der Waals surface area (Å²) in [5.74, 6) is 0.170. The average Bonchev–Trinajstić information content (AvgIpc) is 2.37. The molecule has 1 fully saturated rings. The van der Waals surface area contributed by atoms with E-state index in [2.05, 4.69) is 17.1 Å². The minimum atomic E-state index is 0.170. The molecule has 5 nitrogen and oxygen atoms in total. The zero-order chi connectivity index (χ0) is 13.5. The monoisotopic (exact) mass is 257 g/mol. The molecule has 1 amide bonds. The van der Waals surface area contributed by atoms with E-state index >= 15 is 0 Å². The van der Waals surface area contributed by atoms with Crippen LogP contribution in [0.25, 0.3) is 0 Å². The van der Waals surface area contributed by atoms with Crippen molar-refractivity contribution in [3.05, 3.63) is 0 Å². The molecule has 0 aliphatic carbocycles. The SMILES string of the molecule is CC[C@@H](CO)NC1CCN(CC(=O)N(C)C)CC1. The largest absolute Gasteiger partial charge is 0.395 e. The Hall–Kier alpha value is -0.650. The van der Waals surface area contributed by atoms with Gasteiger partial charge in [0.05, 0.1) is 13.2 Å². The van der Waals surface area contributed by atoms with Crippen molar-refractivity contribution in [3.8, 4) is 0 Å². The molecule has 0 aromatic rings. The van der Waals surface area contributed by atoms with Gasteiger partial charge in [-0.05, 0) is 19.3 Å². The maximum absolute atomic E-state index is 11.6. The second-order valence-corrected chi connectivity index (χ2v) is 5.29. The van der Waals surface area contributed by atoms with Crippen LogP contribution in [0.2, 0.25) is 0 Å². The van der Waals surface area contributed by atoms with E-state index in [1.165, 1.54) is 0 Å². The highest BCUT2D eigenvalue weighted by Crippen LogP contribution is 2.11. The predicted molar refractivity (Wildman–Crippen MR) is 72.5 cm³/mol. The van der Waals surface area contributed by atoms with Crippen LogP contribution in [0.5, 0.6) is 0 Å². The number of hydrogen-bond donors (Lipinski definition) is 2. The molecule has 106 valence electrons. The Kier molecular flexibility index (Phi) is 6.60. The lowest BCUT2D eigenvalue weighted by Gasteiger charge is -2.34. The molecule has 0 bridgehead atoms. The number of aliphatic hydroxyl groups excluding tert-OH is 1. The number of aliphatic hydroxyl groups is 1. The predicted octanol–water partition coefficient (Wildman–Crippen LogP) is -0.100. The Morgan fingerprint density at radius 1 is 1.44 bits per heavy atom. The molecule has 0 spiro atoms. The molecule has 1 aliphatic heterocycles. The molecular formula is C13H27N3O2. The molecule has 0 radical (unpaired) electrons. The maximum atomic E-state index is 11.6. The Balaban J connectivity index is 2.26. The summed E-state index contributed by atoms with van der Waals surface area (Å²) < 4.78 is 0. The summed E-state index contributed by atoms with van der Waals surface area (Å²) in [6, 6.07) is 0.692. The van der Waals surface area contributed by atoms with Gasteiger partial charge in [0.2, 0.25) is 5.91 Å². The normalized spacial score (nSPS) is 19.8. The molecule has 1 saturated heterocycles. The van der Waals surface area contributed by atoms with E-state index in [4.69, 9.17) is 5.11 Å². The Bertz CT molecular complexity index is 247. The van der Waals surface area contributed by atoms with Crippen molar-refractivity contribution in [1.29, 1.82) is 0 Å². The molecule has 0 aromatic carbocycles. The molecule has 1 heterocycles. The first kappa shape index (κ1) is 15.4. The van der Waals surface area contributed by atoms with Crippen LogP contribution in [0.15, 0.2) is 0 Å². The van der Waals surface area contributed by atoms with E-state index in [-0.39, 0.29) is 18.6 Å². The van der Waals surface area contributed by atoms with Crippen LogP contribution in [0.1, 0.15) is 26.2 Å². The number of rotatable bonds is 6. The van der Waals surface area contributed by atoms with Gasteiger partial charge in [-0.2, -0.15) is 0 Å². The van der Waals surface area contributed by atoms with Crippen molar-refractivity contribution in [3.63, 3.8) is 0 Å². The second-order valence-electron chi connectivity index (χ2n) is 5.29. The summed E-state index contributed by atoms with van der Waals surface area (Å²) in [6.45, 7) is 4.73. The molecule has 1 rings (SSSR count). The van der Waals surface area contributed by atoms with Crippen LogP contribution in [-0.2, 0) is 4.79 Å². The number of carbonyl (C=O) groups is 1. The number of nitrogens with one attached hydrogen (secondary N) is 1. The molecule has 5 heteroatoms. The minimum Gasteiger partial charge on any atom is -0.395 e. The van der Waals surface area contributed by atoms with Gasteiger partial charge in [-0.15, -0.1) is 0 Å². The van der Waals surface area contributed by atoms with Crippen molar-refractivity contribution in [2.45, 2.75) is 38.3 Å². The average molecular weight is 257 g/mol. The Labute approximate surface area is 110 Å². The van der Waals surface area contributed by atoms with E-state index in [9.17, 15) is 4.79 Å². The van der Waals surface area contributed by atoms with Crippen molar-refractivity contribution in [2.24, 2.45) is 0 Å². The molecule has 1 atom stereocenters. The van der Waals surface area contributed by atoms with Crippen LogP contribution in [0, 0.1) is 0 Å². The van der Waals surface area contributed by atoms with Gasteiger partial charge in [-0.1, -0.05) is 6.92 Å². The van der Waals surface area contributed by atoms with E-state index in [0.29, 0.717) is 12.6 Å². The fourth-order valence-electron chi connectivity index (χ4n) is 2.22. The van der Waals surface area contributed by atoms with Gasteiger partial charge in [0.15, 0.2) is 0 Å². The van der Waals surface area contributed by atoms with Crippen molar-refractivity contribution >= 4 is 5.91 Å². The summed E-state index contributed by atoms with van der Waals surface area (Å²) >= 11 is 0. The van der Waals surface area contributed by atoms with E-state index in [1.807, 2.05) is 0 Å². The number of likely N-dealkylation sites (tertiary alicyclic amines) is 1. The number of nitrogens with zero attached hydrogens (tertiary/aromatic N) is 2. The smallest absolute Gasteiger partial charge is 0.236 e. The first-order valence-electron chi connectivity index (χ1n) is 6.86. The molecule has 0 aromatic heterocycles. The summed E-state index contributed by atoms with van der Waals surface area (Å²) in [4.78, 5) is 15.4. The molecule has 18 heavy (non-hydrogen) atoms. The first-order valence-corrected chi connectivity index (χ1v) is 6.86. The van der Waals surface area contributed by atoms with E-state index in [0.717, 1.165) is 32.4 Å². The van der Waals surface area contributed by atoms with Gasteiger partial charge < -0.3 is 15.3 Å². The van der Waals surface area contributed by atoms with Crippen LogP contribution < -0.4 is 5.32 Å². The van der Waals surface area contributed by atoms with E-state index < -0.39 is 0 Å². The van der Waals surface area contributed by atoms with Gasteiger partial charge in [0.25, 0.3) is 0 Å². The topological polar surface area (TPSA) is 55.8 Å². The summed E-state index contributed by atoms with van der Waals surface area (Å²) in [5, 5.41) is 12.6. The number of likely N-dealkylation sites (N-methyl/N-ethyl adjacent to an activating group) is 1. The van der Waals surface area contributed by atoms with Gasteiger partial charge in [-0.3, -0.25) is 9.69 Å². The van der Waals surface area contributed by atoms with Gasteiger partial charge in [0.1, 0.15) is 0 Å². The maximum Gasteiger partial charge on any atom is 0.236 e. The summed E-state index contributed by atoms with van der Waals surface area (Å²) in [7, 11) is 3.59. The van der Waals surface area contributed by atoms with Gasteiger partial charge in [0, 0.05) is 39.3 Å². The highest BCUT2D eigenvalue weighted by molar-refractivity contribution is 5.77. The Morgan fingerprint density at radius 3 is 2.50 bits per heavy atom. The second kappa shape index (κ2) is 7.71. The Morgan fingerprint density at radius 2 is 2.06 bits per heavy atom. The number of piperidine rings is 1. The van der Waals surface area contributed by atoms with Crippen LogP contribution in [0.4, 0.5) is 0 Å². The van der Waals surface area contributed by atoms with Gasteiger partial charge >= 0.3 is 0 Å².